The van der Waals surface area contributed by atoms with Gasteiger partial charge in [0.05, 0.1) is 16.0 Å². The lowest BCUT2D eigenvalue weighted by molar-refractivity contribution is 0.102. The van der Waals surface area contributed by atoms with Gasteiger partial charge < -0.3 is 5.32 Å². The molecule has 2 N–H and O–H groups in total. The lowest BCUT2D eigenvalue weighted by Crippen LogP contribution is -2.20. The van der Waals surface area contributed by atoms with E-state index in [2.05, 4.69) is 31.0 Å². The molecule has 0 atom stereocenters. The molecule has 0 unspecified atom stereocenters. The molecule has 8 heteroatoms. The van der Waals surface area contributed by atoms with E-state index in [1.54, 1.807) is 25.1 Å². The van der Waals surface area contributed by atoms with Crippen LogP contribution in [0, 0.1) is 13.8 Å². The van der Waals surface area contributed by atoms with Gasteiger partial charge in [-0.15, -0.1) is 0 Å². The predicted molar refractivity (Wildman–Crippen MR) is 110 cm³/mol. The summed E-state index contributed by atoms with van der Waals surface area (Å²) in [6.45, 7) is 3.52. The van der Waals surface area contributed by atoms with Gasteiger partial charge in [0.1, 0.15) is 0 Å². The predicted octanol–water partition coefficient (Wildman–Crippen LogP) is 3.77. The van der Waals surface area contributed by atoms with Gasteiger partial charge in [-0.2, -0.15) is 0 Å². The minimum absolute atomic E-state index is 0.127. The van der Waals surface area contributed by atoms with Crippen molar-refractivity contribution in [3.8, 4) is 0 Å². The number of aryl methyl sites for hydroxylation is 2. The summed E-state index contributed by atoms with van der Waals surface area (Å²) in [6.07, 6.45) is 0. The molecular formula is C19H18BrN3O3S. The van der Waals surface area contributed by atoms with Crippen LogP contribution >= 0.6 is 15.9 Å². The van der Waals surface area contributed by atoms with Gasteiger partial charge in [0.15, 0.2) is 0 Å². The number of anilines is 1. The van der Waals surface area contributed by atoms with Crippen LogP contribution in [-0.4, -0.2) is 26.4 Å². The Morgan fingerprint density at radius 3 is 2.52 bits per heavy atom. The van der Waals surface area contributed by atoms with Crippen LogP contribution in [0.5, 0.6) is 0 Å². The molecule has 1 amide bonds. The third-order valence-electron chi connectivity index (χ3n) is 4.15. The number of sulfonamides is 1. The molecule has 0 spiro atoms. The fraction of sp³-hybridized carbons (Fsp3) is 0.158. The van der Waals surface area contributed by atoms with Crippen molar-refractivity contribution in [2.75, 3.05) is 12.4 Å². The Morgan fingerprint density at radius 2 is 1.81 bits per heavy atom. The molecule has 3 rings (SSSR count). The minimum atomic E-state index is -3.61. The maximum absolute atomic E-state index is 12.9. The van der Waals surface area contributed by atoms with Gasteiger partial charge in [-0.1, -0.05) is 28.1 Å². The quantitative estimate of drug-likeness (QED) is 0.636. The van der Waals surface area contributed by atoms with E-state index in [4.69, 9.17) is 0 Å². The Labute approximate surface area is 166 Å². The van der Waals surface area contributed by atoms with Crippen LogP contribution in [0.25, 0.3) is 10.9 Å². The second-order valence-corrected chi connectivity index (χ2v) is 8.89. The van der Waals surface area contributed by atoms with Crippen molar-refractivity contribution in [1.82, 2.24) is 9.71 Å². The summed E-state index contributed by atoms with van der Waals surface area (Å²) in [7, 11) is -2.26. The topological polar surface area (TPSA) is 88.2 Å². The molecule has 2 aromatic carbocycles. The number of nitrogens with one attached hydrogen (secondary N) is 2. The van der Waals surface area contributed by atoms with Crippen molar-refractivity contribution in [2.45, 2.75) is 18.7 Å². The molecule has 27 heavy (non-hydrogen) atoms. The van der Waals surface area contributed by atoms with Crippen molar-refractivity contribution >= 4 is 48.5 Å². The van der Waals surface area contributed by atoms with Crippen molar-refractivity contribution < 1.29 is 13.2 Å². The fourth-order valence-corrected chi connectivity index (χ4v) is 4.14. The summed E-state index contributed by atoms with van der Waals surface area (Å²) in [5, 5.41) is 3.50. The third-order valence-corrected chi connectivity index (χ3v) is 6.20. The summed E-state index contributed by atoms with van der Waals surface area (Å²) < 4.78 is 27.5. The van der Waals surface area contributed by atoms with Crippen molar-refractivity contribution in [3.05, 3.63) is 63.8 Å². The number of nitrogens with zero attached hydrogens (tertiary/aromatic N) is 1. The highest BCUT2D eigenvalue weighted by Crippen LogP contribution is 2.25. The summed E-state index contributed by atoms with van der Waals surface area (Å²) in [4.78, 5) is 17.5. The molecule has 1 aromatic heterocycles. The number of carbonyl (C=O) groups is 1. The monoisotopic (exact) mass is 447 g/mol. The molecule has 0 aliphatic heterocycles. The van der Waals surface area contributed by atoms with Gasteiger partial charge in [0.25, 0.3) is 5.91 Å². The Balaban J connectivity index is 2.02. The smallest absolute Gasteiger partial charge is 0.256 e. The Bertz CT molecular complexity index is 1160. The molecule has 0 saturated carbocycles. The zero-order valence-corrected chi connectivity index (χ0v) is 17.4. The van der Waals surface area contributed by atoms with Crippen molar-refractivity contribution in [2.24, 2.45) is 0 Å². The van der Waals surface area contributed by atoms with Gasteiger partial charge in [0, 0.05) is 21.2 Å². The molecule has 0 aliphatic rings. The van der Waals surface area contributed by atoms with Crippen LogP contribution in [-0.2, 0) is 10.0 Å². The van der Waals surface area contributed by atoms with Crippen LogP contribution in [0.4, 0.5) is 5.69 Å². The Kier molecular flexibility index (Phi) is 5.32. The van der Waals surface area contributed by atoms with Gasteiger partial charge in [-0.05, 0) is 56.8 Å². The van der Waals surface area contributed by atoms with E-state index in [0.29, 0.717) is 28.0 Å². The molecule has 3 aromatic rings. The second kappa shape index (κ2) is 7.38. The molecule has 0 saturated heterocycles. The molecule has 1 heterocycles. The first-order valence-corrected chi connectivity index (χ1v) is 10.4. The first-order valence-electron chi connectivity index (χ1n) is 8.14. The van der Waals surface area contributed by atoms with Crippen LogP contribution < -0.4 is 10.0 Å². The number of carbonyl (C=O) groups excluding carboxylic acids is 1. The van der Waals surface area contributed by atoms with E-state index in [1.807, 2.05) is 25.1 Å². The molecule has 0 bridgehead atoms. The summed E-state index contributed by atoms with van der Waals surface area (Å²) in [5.41, 5.74) is 2.89. The van der Waals surface area contributed by atoms with E-state index < -0.39 is 10.0 Å². The normalized spacial score (nSPS) is 11.6. The number of halogens is 1. The highest BCUT2D eigenvalue weighted by Gasteiger charge is 2.17. The zero-order valence-electron chi connectivity index (χ0n) is 15.0. The molecule has 6 nitrogen and oxygen atoms in total. The van der Waals surface area contributed by atoms with Crippen LogP contribution in [0.1, 0.15) is 21.6 Å². The van der Waals surface area contributed by atoms with Crippen LogP contribution in [0.15, 0.2) is 51.8 Å². The van der Waals surface area contributed by atoms with E-state index >= 15 is 0 Å². The lowest BCUT2D eigenvalue weighted by atomic mass is 10.1. The average molecular weight is 448 g/mol. The SMILES string of the molecule is CNS(=O)(=O)c1cc(NC(=O)c2cc(C)nc3cc(Br)ccc23)ccc1C. The Morgan fingerprint density at radius 1 is 1.07 bits per heavy atom. The number of hydrogen-bond donors (Lipinski definition) is 2. The molecule has 0 fully saturated rings. The van der Waals surface area contributed by atoms with Gasteiger partial charge in [-0.3, -0.25) is 9.78 Å². The molecule has 0 aliphatic carbocycles. The van der Waals surface area contributed by atoms with Crippen LogP contribution in [0.2, 0.25) is 0 Å². The number of rotatable bonds is 4. The maximum atomic E-state index is 12.9. The van der Waals surface area contributed by atoms with Gasteiger partial charge >= 0.3 is 0 Å². The minimum Gasteiger partial charge on any atom is -0.322 e. The Hall–Kier alpha value is -2.29. The van der Waals surface area contributed by atoms with Gasteiger partial charge in [-0.25, -0.2) is 13.1 Å². The lowest BCUT2D eigenvalue weighted by Gasteiger charge is -2.12. The van der Waals surface area contributed by atoms with E-state index in [0.717, 1.165) is 9.86 Å². The number of amides is 1. The third kappa shape index (κ3) is 4.02. The maximum Gasteiger partial charge on any atom is 0.256 e. The number of pyridine rings is 1. The van der Waals surface area contributed by atoms with E-state index in [-0.39, 0.29) is 10.8 Å². The molecule has 140 valence electrons. The summed E-state index contributed by atoms with van der Waals surface area (Å²) in [5.74, 6) is -0.329. The zero-order chi connectivity index (χ0) is 19.8. The first-order chi connectivity index (χ1) is 12.7. The van der Waals surface area contributed by atoms with Crippen LogP contribution in [0.3, 0.4) is 0 Å². The fourth-order valence-electron chi connectivity index (χ4n) is 2.80. The number of hydrogen-bond acceptors (Lipinski definition) is 4. The number of benzene rings is 2. The second-order valence-electron chi connectivity index (χ2n) is 6.11. The molecule has 0 radical (unpaired) electrons. The summed E-state index contributed by atoms with van der Waals surface area (Å²) >= 11 is 3.41. The average Bonchev–Trinajstić information content (AvgIpc) is 2.62. The number of aromatic nitrogens is 1. The van der Waals surface area contributed by atoms with E-state index in [1.165, 1.54) is 13.1 Å². The van der Waals surface area contributed by atoms with Crippen molar-refractivity contribution in [3.63, 3.8) is 0 Å². The largest absolute Gasteiger partial charge is 0.322 e. The standard InChI is InChI=1S/C19H18BrN3O3S/c1-11-4-6-14(10-18(11)27(25,26)21-3)23-19(24)16-8-12(2)22-17-9-13(20)5-7-15(16)17/h4-10,21H,1-3H3,(H,23,24). The highest BCUT2D eigenvalue weighted by atomic mass is 79.9. The highest BCUT2D eigenvalue weighted by molar-refractivity contribution is 9.10. The molecular weight excluding hydrogens is 430 g/mol. The summed E-state index contributed by atoms with van der Waals surface area (Å²) in [6, 6.07) is 12.0. The first kappa shape index (κ1) is 19.5. The van der Waals surface area contributed by atoms with Crippen molar-refractivity contribution in [1.29, 1.82) is 0 Å². The number of fused-ring (bicyclic) bond motifs is 1. The van der Waals surface area contributed by atoms with Gasteiger partial charge in [0.2, 0.25) is 10.0 Å². The van der Waals surface area contributed by atoms with E-state index in [9.17, 15) is 13.2 Å².